The quantitative estimate of drug-likeness (QED) is 0.591. The molecule has 0 spiro atoms. The van der Waals surface area contributed by atoms with E-state index in [9.17, 15) is 4.79 Å². The number of ether oxygens (including phenoxy) is 3. The van der Waals surface area contributed by atoms with Gasteiger partial charge in [0.05, 0.1) is 19.3 Å². The minimum absolute atomic E-state index is 0.223. The molecule has 1 saturated heterocycles. The van der Waals surface area contributed by atoms with Gasteiger partial charge in [-0.05, 0) is 31.4 Å². The number of hydrogen-bond acceptors (Lipinski definition) is 4. The molecule has 0 radical (unpaired) electrons. The molecule has 1 heterocycles. The lowest BCUT2D eigenvalue weighted by atomic mass is 10.0. The largest absolute Gasteiger partial charge is 0.496 e. The van der Waals surface area contributed by atoms with Gasteiger partial charge in [0, 0.05) is 12.0 Å². The normalized spacial score (nSPS) is 18.4. The third-order valence-corrected chi connectivity index (χ3v) is 3.32. The number of rotatable bonds is 6. The Kier molecular flexibility index (Phi) is 5.18. The van der Waals surface area contributed by atoms with Crippen molar-refractivity contribution in [1.82, 2.24) is 0 Å². The number of carbonyl (C=O) groups is 1. The highest BCUT2D eigenvalue weighted by molar-refractivity contribution is 5.81. The molecule has 108 valence electrons. The second-order valence-corrected chi connectivity index (χ2v) is 4.69. The van der Waals surface area contributed by atoms with Crippen LogP contribution < -0.4 is 9.47 Å². The van der Waals surface area contributed by atoms with Gasteiger partial charge in [-0.3, -0.25) is 4.79 Å². The van der Waals surface area contributed by atoms with Gasteiger partial charge in [-0.25, -0.2) is 0 Å². The summed E-state index contributed by atoms with van der Waals surface area (Å²) in [6, 6.07) is 3.50. The van der Waals surface area contributed by atoms with Crippen molar-refractivity contribution >= 4 is 6.29 Å². The standard InChI is InChI=1S/C16H20O4/c1-3-6-13-14(20-15-7-4-5-10-19-15)9-8-12(11-17)16(13)18-2/h3,8-9,11,15H,1,4-7,10H2,2H3. The van der Waals surface area contributed by atoms with Gasteiger partial charge in [0.15, 0.2) is 12.6 Å². The lowest BCUT2D eigenvalue weighted by molar-refractivity contribution is -0.106. The van der Waals surface area contributed by atoms with Gasteiger partial charge >= 0.3 is 0 Å². The summed E-state index contributed by atoms with van der Waals surface area (Å²) in [7, 11) is 1.55. The number of hydrogen-bond donors (Lipinski definition) is 0. The van der Waals surface area contributed by atoms with Crippen molar-refractivity contribution in [1.29, 1.82) is 0 Å². The highest BCUT2D eigenvalue weighted by atomic mass is 16.7. The summed E-state index contributed by atoms with van der Waals surface area (Å²) in [6.45, 7) is 4.47. The number of methoxy groups -OCH3 is 1. The van der Waals surface area contributed by atoms with Crippen LogP contribution in [0.15, 0.2) is 24.8 Å². The molecule has 1 aromatic rings. The summed E-state index contributed by atoms with van der Waals surface area (Å²) in [4.78, 5) is 11.1. The second-order valence-electron chi connectivity index (χ2n) is 4.69. The number of aldehydes is 1. The summed E-state index contributed by atoms with van der Waals surface area (Å²) < 4.78 is 16.9. The fourth-order valence-electron chi connectivity index (χ4n) is 2.36. The molecule has 0 aliphatic carbocycles. The Hall–Kier alpha value is -1.81. The molecule has 20 heavy (non-hydrogen) atoms. The Bertz CT molecular complexity index is 476. The molecule has 0 amide bonds. The Balaban J connectivity index is 2.30. The maximum absolute atomic E-state index is 11.1. The van der Waals surface area contributed by atoms with Crippen LogP contribution in [0.3, 0.4) is 0 Å². The molecule has 1 unspecified atom stereocenters. The molecule has 0 aromatic heterocycles. The molecule has 1 aliphatic heterocycles. The zero-order valence-electron chi connectivity index (χ0n) is 11.8. The highest BCUT2D eigenvalue weighted by Crippen LogP contribution is 2.33. The average Bonchev–Trinajstić information content (AvgIpc) is 2.49. The molecule has 0 N–H and O–H groups in total. The van der Waals surface area contributed by atoms with E-state index in [2.05, 4.69) is 6.58 Å². The fourth-order valence-corrected chi connectivity index (χ4v) is 2.36. The van der Waals surface area contributed by atoms with Gasteiger partial charge < -0.3 is 14.2 Å². The predicted octanol–water partition coefficient (Wildman–Crippen LogP) is 3.14. The number of benzene rings is 1. The van der Waals surface area contributed by atoms with E-state index in [0.717, 1.165) is 37.7 Å². The van der Waals surface area contributed by atoms with Crippen LogP contribution in [0.2, 0.25) is 0 Å². The summed E-state index contributed by atoms with van der Waals surface area (Å²) in [5.41, 5.74) is 1.35. The average molecular weight is 276 g/mol. The van der Waals surface area contributed by atoms with E-state index in [1.807, 2.05) is 0 Å². The molecule has 2 rings (SSSR count). The lowest BCUT2D eigenvalue weighted by Gasteiger charge is -2.25. The van der Waals surface area contributed by atoms with E-state index in [-0.39, 0.29) is 6.29 Å². The van der Waals surface area contributed by atoms with E-state index in [0.29, 0.717) is 23.5 Å². The summed E-state index contributed by atoms with van der Waals surface area (Å²) in [5, 5.41) is 0. The van der Waals surface area contributed by atoms with E-state index < -0.39 is 0 Å². The summed E-state index contributed by atoms with van der Waals surface area (Å²) in [5.74, 6) is 1.24. The van der Waals surface area contributed by atoms with E-state index in [1.54, 1.807) is 25.3 Å². The van der Waals surface area contributed by atoms with Crippen molar-refractivity contribution in [2.45, 2.75) is 32.0 Å². The molecular weight excluding hydrogens is 256 g/mol. The van der Waals surface area contributed by atoms with Crippen LogP contribution in [-0.4, -0.2) is 26.3 Å². The maximum Gasteiger partial charge on any atom is 0.199 e. The SMILES string of the molecule is C=CCc1c(OC2CCCCO2)ccc(C=O)c1OC. The van der Waals surface area contributed by atoms with Gasteiger partial charge in [-0.15, -0.1) is 6.58 Å². The maximum atomic E-state index is 11.1. The smallest absolute Gasteiger partial charge is 0.199 e. The Labute approximate surface area is 119 Å². The first-order valence-corrected chi connectivity index (χ1v) is 6.84. The third-order valence-electron chi connectivity index (χ3n) is 3.32. The first kappa shape index (κ1) is 14.6. The molecule has 1 fully saturated rings. The van der Waals surface area contributed by atoms with Gasteiger partial charge in [0.25, 0.3) is 0 Å². The molecule has 4 nitrogen and oxygen atoms in total. The van der Waals surface area contributed by atoms with Crippen LogP contribution in [0, 0.1) is 0 Å². The Morgan fingerprint density at radius 1 is 1.45 bits per heavy atom. The van der Waals surface area contributed by atoms with Crippen LogP contribution in [0.4, 0.5) is 0 Å². The number of allylic oxidation sites excluding steroid dienone is 1. The van der Waals surface area contributed by atoms with Gasteiger partial charge in [0.1, 0.15) is 11.5 Å². The van der Waals surface area contributed by atoms with E-state index in [4.69, 9.17) is 14.2 Å². The zero-order chi connectivity index (χ0) is 14.4. The van der Waals surface area contributed by atoms with Crippen molar-refractivity contribution in [2.24, 2.45) is 0 Å². The first-order valence-electron chi connectivity index (χ1n) is 6.84. The highest BCUT2D eigenvalue weighted by Gasteiger charge is 2.19. The van der Waals surface area contributed by atoms with Crippen LogP contribution in [0.1, 0.15) is 35.2 Å². The second kappa shape index (κ2) is 7.10. The minimum Gasteiger partial charge on any atom is -0.496 e. The van der Waals surface area contributed by atoms with E-state index >= 15 is 0 Å². The molecular formula is C16H20O4. The monoisotopic (exact) mass is 276 g/mol. The fraction of sp³-hybridized carbons (Fsp3) is 0.438. The lowest BCUT2D eigenvalue weighted by Crippen LogP contribution is -2.25. The summed E-state index contributed by atoms with van der Waals surface area (Å²) >= 11 is 0. The Morgan fingerprint density at radius 3 is 2.90 bits per heavy atom. The van der Waals surface area contributed by atoms with Gasteiger partial charge in [0.2, 0.25) is 0 Å². The molecule has 1 aromatic carbocycles. The van der Waals surface area contributed by atoms with Crippen LogP contribution in [-0.2, 0) is 11.2 Å². The van der Waals surface area contributed by atoms with Crippen molar-refractivity contribution < 1.29 is 19.0 Å². The molecule has 4 heteroatoms. The third kappa shape index (κ3) is 3.20. The van der Waals surface area contributed by atoms with Gasteiger partial charge in [-0.1, -0.05) is 6.08 Å². The Morgan fingerprint density at radius 2 is 2.30 bits per heavy atom. The van der Waals surface area contributed by atoms with Crippen LogP contribution in [0.25, 0.3) is 0 Å². The van der Waals surface area contributed by atoms with Crippen molar-refractivity contribution in [3.05, 3.63) is 35.9 Å². The van der Waals surface area contributed by atoms with Gasteiger partial charge in [-0.2, -0.15) is 0 Å². The molecule has 0 saturated carbocycles. The number of carbonyl (C=O) groups excluding carboxylic acids is 1. The van der Waals surface area contributed by atoms with Crippen molar-refractivity contribution in [3.63, 3.8) is 0 Å². The minimum atomic E-state index is -0.223. The summed E-state index contributed by atoms with van der Waals surface area (Å²) in [6.07, 6.45) is 5.96. The van der Waals surface area contributed by atoms with E-state index in [1.165, 1.54) is 0 Å². The topological polar surface area (TPSA) is 44.8 Å². The van der Waals surface area contributed by atoms with Crippen molar-refractivity contribution in [2.75, 3.05) is 13.7 Å². The molecule has 1 atom stereocenters. The predicted molar refractivity (Wildman–Crippen MR) is 76.5 cm³/mol. The molecule has 1 aliphatic rings. The zero-order valence-corrected chi connectivity index (χ0v) is 11.8. The molecule has 0 bridgehead atoms. The van der Waals surface area contributed by atoms with Crippen LogP contribution in [0.5, 0.6) is 11.5 Å². The van der Waals surface area contributed by atoms with Crippen molar-refractivity contribution in [3.8, 4) is 11.5 Å². The van der Waals surface area contributed by atoms with Crippen LogP contribution >= 0.6 is 0 Å². The first-order chi connectivity index (χ1) is 9.80.